The van der Waals surface area contributed by atoms with Crippen LogP contribution in [0.15, 0.2) is 53.7 Å². The van der Waals surface area contributed by atoms with Crippen LogP contribution in [-0.2, 0) is 11.3 Å². The van der Waals surface area contributed by atoms with Crippen molar-refractivity contribution < 1.29 is 4.74 Å². The van der Waals surface area contributed by atoms with Crippen molar-refractivity contribution in [3.63, 3.8) is 0 Å². The van der Waals surface area contributed by atoms with Gasteiger partial charge in [-0.2, -0.15) is 0 Å². The van der Waals surface area contributed by atoms with Crippen LogP contribution in [0, 0.1) is 0 Å². The number of nitrogens with one attached hydrogen (secondary N) is 2. The van der Waals surface area contributed by atoms with E-state index in [1.54, 1.807) is 7.05 Å². The summed E-state index contributed by atoms with van der Waals surface area (Å²) in [5, 5.41) is 6.62. The van der Waals surface area contributed by atoms with Crippen molar-refractivity contribution in [2.45, 2.75) is 19.9 Å². The van der Waals surface area contributed by atoms with E-state index in [-0.39, 0.29) is 24.0 Å². The second-order valence-corrected chi connectivity index (χ2v) is 5.32. The van der Waals surface area contributed by atoms with Crippen LogP contribution in [0.2, 0.25) is 0 Å². The Morgan fingerprint density at radius 2 is 2.04 bits per heavy atom. The van der Waals surface area contributed by atoms with Gasteiger partial charge in [-0.15, -0.1) is 24.0 Å². The molecule has 5 nitrogen and oxygen atoms in total. The molecule has 25 heavy (non-hydrogen) atoms. The highest BCUT2D eigenvalue weighted by molar-refractivity contribution is 14.0. The molecular weight excluding hydrogens is 427 g/mol. The molecule has 6 heteroatoms. The lowest BCUT2D eigenvalue weighted by Crippen LogP contribution is -2.37. The molecule has 0 amide bonds. The molecule has 0 radical (unpaired) electrons. The first-order valence-electron chi connectivity index (χ1n) is 8.36. The number of benzene rings is 1. The smallest absolute Gasteiger partial charge is 0.191 e. The van der Waals surface area contributed by atoms with Crippen LogP contribution < -0.4 is 10.6 Å². The fraction of sp³-hybridized carbons (Fsp3) is 0.368. The third kappa shape index (κ3) is 7.83. The highest BCUT2D eigenvalue weighted by Crippen LogP contribution is 2.17. The lowest BCUT2D eigenvalue weighted by molar-refractivity contribution is 0.145. The molecule has 1 heterocycles. The van der Waals surface area contributed by atoms with Gasteiger partial charge in [-0.1, -0.05) is 24.3 Å². The van der Waals surface area contributed by atoms with Crippen LogP contribution in [-0.4, -0.2) is 37.7 Å². The third-order valence-corrected chi connectivity index (χ3v) is 3.53. The van der Waals surface area contributed by atoms with E-state index in [1.807, 2.05) is 31.3 Å². The number of aromatic nitrogens is 1. The number of hydrogen-bond donors (Lipinski definition) is 2. The van der Waals surface area contributed by atoms with Gasteiger partial charge in [0.15, 0.2) is 5.96 Å². The third-order valence-electron chi connectivity index (χ3n) is 3.53. The summed E-state index contributed by atoms with van der Waals surface area (Å²) in [4.78, 5) is 8.64. The van der Waals surface area contributed by atoms with Crippen LogP contribution in [0.5, 0.6) is 0 Å². The molecule has 0 fully saturated rings. The van der Waals surface area contributed by atoms with E-state index < -0.39 is 0 Å². The molecule has 2 rings (SSSR count). The van der Waals surface area contributed by atoms with Crippen molar-refractivity contribution >= 4 is 29.9 Å². The van der Waals surface area contributed by atoms with Gasteiger partial charge in [0.05, 0.1) is 5.69 Å². The van der Waals surface area contributed by atoms with E-state index in [9.17, 15) is 0 Å². The minimum absolute atomic E-state index is 0. The molecule has 1 aromatic heterocycles. The number of rotatable bonds is 8. The summed E-state index contributed by atoms with van der Waals surface area (Å²) in [6, 6.07) is 14.3. The van der Waals surface area contributed by atoms with Crippen molar-refractivity contribution in [2.75, 3.05) is 26.8 Å². The van der Waals surface area contributed by atoms with E-state index >= 15 is 0 Å². The lowest BCUT2D eigenvalue weighted by atomic mass is 10.1. The molecule has 0 spiro atoms. The SMILES string of the molecule is CCOCCCNC(=NC)NCc1cccc(-c2ccccn2)c1.I. The van der Waals surface area contributed by atoms with Gasteiger partial charge >= 0.3 is 0 Å². The molecule has 1 aromatic carbocycles. The molecule has 0 aliphatic rings. The van der Waals surface area contributed by atoms with E-state index in [0.29, 0.717) is 6.54 Å². The van der Waals surface area contributed by atoms with Crippen LogP contribution in [0.3, 0.4) is 0 Å². The first-order valence-corrected chi connectivity index (χ1v) is 8.36. The molecule has 0 aliphatic heterocycles. The largest absolute Gasteiger partial charge is 0.382 e. The van der Waals surface area contributed by atoms with Crippen LogP contribution >= 0.6 is 24.0 Å². The van der Waals surface area contributed by atoms with Gasteiger partial charge in [-0.05, 0) is 37.1 Å². The normalized spacial score (nSPS) is 10.9. The zero-order valence-corrected chi connectivity index (χ0v) is 17.2. The number of ether oxygens (including phenoxy) is 1. The van der Waals surface area contributed by atoms with E-state index in [0.717, 1.165) is 43.4 Å². The fourth-order valence-electron chi connectivity index (χ4n) is 2.31. The Hall–Kier alpha value is -1.67. The molecule has 0 unspecified atom stereocenters. The molecular formula is C19H27IN4O. The highest BCUT2D eigenvalue weighted by Gasteiger charge is 2.02. The summed E-state index contributed by atoms with van der Waals surface area (Å²) in [6.07, 6.45) is 2.78. The second kappa shape index (κ2) is 12.7. The molecule has 0 saturated heterocycles. The summed E-state index contributed by atoms with van der Waals surface area (Å²) in [6.45, 7) is 5.10. The number of pyridine rings is 1. The molecule has 0 bridgehead atoms. The van der Waals surface area contributed by atoms with Gasteiger partial charge in [0, 0.05) is 45.1 Å². The zero-order chi connectivity index (χ0) is 17.0. The van der Waals surface area contributed by atoms with Crippen molar-refractivity contribution in [1.29, 1.82) is 0 Å². The zero-order valence-electron chi connectivity index (χ0n) is 14.9. The second-order valence-electron chi connectivity index (χ2n) is 5.32. The standard InChI is InChI=1S/C19H26N4O.HI/c1-3-24-13-7-12-22-19(20-2)23-15-16-8-6-9-17(14-16)18-10-4-5-11-21-18;/h4-6,8-11,14H,3,7,12-13,15H2,1-2H3,(H2,20,22,23);1H. The van der Waals surface area contributed by atoms with E-state index in [1.165, 1.54) is 5.56 Å². The Kier molecular flexibility index (Phi) is 10.8. The highest BCUT2D eigenvalue weighted by atomic mass is 127. The number of aliphatic imine (C=N–C) groups is 1. The van der Waals surface area contributed by atoms with Gasteiger partial charge in [0.2, 0.25) is 0 Å². The summed E-state index contributed by atoms with van der Waals surface area (Å²) >= 11 is 0. The van der Waals surface area contributed by atoms with Gasteiger partial charge in [-0.3, -0.25) is 9.98 Å². The maximum absolute atomic E-state index is 5.33. The molecule has 2 N–H and O–H groups in total. The number of halogens is 1. The summed E-state index contributed by atoms with van der Waals surface area (Å²) in [5.41, 5.74) is 3.29. The van der Waals surface area contributed by atoms with Crippen molar-refractivity contribution in [2.24, 2.45) is 4.99 Å². The first kappa shape index (κ1) is 21.4. The lowest BCUT2D eigenvalue weighted by Gasteiger charge is -2.12. The number of nitrogens with zero attached hydrogens (tertiary/aromatic N) is 2. The van der Waals surface area contributed by atoms with E-state index in [2.05, 4.69) is 44.9 Å². The fourth-order valence-corrected chi connectivity index (χ4v) is 2.31. The molecule has 2 aromatic rings. The summed E-state index contributed by atoms with van der Waals surface area (Å²) < 4.78 is 5.33. The Bertz CT molecular complexity index is 634. The average Bonchev–Trinajstić information content (AvgIpc) is 2.65. The van der Waals surface area contributed by atoms with Gasteiger partial charge < -0.3 is 15.4 Å². The predicted molar refractivity (Wildman–Crippen MR) is 114 cm³/mol. The Morgan fingerprint density at radius 3 is 2.76 bits per heavy atom. The summed E-state index contributed by atoms with van der Waals surface area (Å²) in [5.74, 6) is 0.801. The van der Waals surface area contributed by atoms with Gasteiger partial charge in [-0.25, -0.2) is 0 Å². The van der Waals surface area contributed by atoms with Crippen LogP contribution in [0.25, 0.3) is 11.3 Å². The average molecular weight is 454 g/mol. The minimum Gasteiger partial charge on any atom is -0.382 e. The van der Waals surface area contributed by atoms with Gasteiger partial charge in [0.25, 0.3) is 0 Å². The minimum atomic E-state index is 0. The van der Waals surface area contributed by atoms with E-state index in [4.69, 9.17) is 4.74 Å². The maximum atomic E-state index is 5.33. The van der Waals surface area contributed by atoms with Crippen molar-refractivity contribution in [3.8, 4) is 11.3 Å². The van der Waals surface area contributed by atoms with Crippen LogP contribution in [0.4, 0.5) is 0 Å². The molecule has 0 saturated carbocycles. The number of hydrogen-bond acceptors (Lipinski definition) is 3. The monoisotopic (exact) mass is 454 g/mol. The topological polar surface area (TPSA) is 58.5 Å². The van der Waals surface area contributed by atoms with Crippen molar-refractivity contribution in [3.05, 3.63) is 54.2 Å². The Labute approximate surface area is 167 Å². The Balaban J connectivity index is 0.00000312. The molecule has 0 atom stereocenters. The molecule has 0 aliphatic carbocycles. The van der Waals surface area contributed by atoms with Crippen molar-refractivity contribution in [1.82, 2.24) is 15.6 Å². The first-order chi connectivity index (χ1) is 11.8. The number of guanidine groups is 1. The maximum Gasteiger partial charge on any atom is 0.191 e. The van der Waals surface area contributed by atoms with Crippen LogP contribution in [0.1, 0.15) is 18.9 Å². The quantitative estimate of drug-likeness (QED) is 0.278. The summed E-state index contributed by atoms with van der Waals surface area (Å²) in [7, 11) is 1.78. The Morgan fingerprint density at radius 1 is 1.16 bits per heavy atom. The predicted octanol–water partition coefficient (Wildman–Crippen LogP) is 3.46. The molecule has 136 valence electrons. The van der Waals surface area contributed by atoms with Gasteiger partial charge in [0.1, 0.15) is 0 Å².